The molecule has 1 heterocycles. The molecule has 0 saturated carbocycles. The van der Waals surface area contributed by atoms with E-state index in [0.29, 0.717) is 5.56 Å². The second-order valence-corrected chi connectivity index (χ2v) is 4.54. The second-order valence-electron chi connectivity index (χ2n) is 4.54. The highest BCUT2D eigenvalue weighted by Crippen LogP contribution is 2.41. The molecule has 2 N–H and O–H groups in total. The van der Waals surface area contributed by atoms with Crippen LogP contribution in [-0.2, 0) is 0 Å². The highest BCUT2D eigenvalue weighted by atomic mass is 19.4. The lowest BCUT2D eigenvalue weighted by molar-refractivity contribution is -0.271. The van der Waals surface area contributed by atoms with E-state index in [9.17, 15) is 22.7 Å². The Morgan fingerprint density at radius 3 is 2.39 bits per heavy atom. The normalized spacial score (nSPS) is 29.3. The highest BCUT2D eigenvalue weighted by molar-refractivity contribution is 5.21. The molecule has 0 bridgehead atoms. The summed E-state index contributed by atoms with van der Waals surface area (Å²) in [6.07, 6.45) is -5.47. The van der Waals surface area contributed by atoms with Crippen LogP contribution in [0.4, 0.5) is 17.6 Å². The van der Waals surface area contributed by atoms with Gasteiger partial charge in [-0.3, -0.25) is 0 Å². The maximum atomic E-state index is 12.7. The monoisotopic (exact) mass is 263 g/mol. The van der Waals surface area contributed by atoms with Crippen molar-refractivity contribution < 1.29 is 22.7 Å². The third-order valence-electron chi connectivity index (χ3n) is 3.27. The van der Waals surface area contributed by atoms with E-state index in [2.05, 4.69) is 5.32 Å². The van der Waals surface area contributed by atoms with Gasteiger partial charge in [0.1, 0.15) is 5.82 Å². The highest BCUT2D eigenvalue weighted by Gasteiger charge is 2.55. The number of halogens is 4. The molecule has 1 aliphatic rings. The lowest BCUT2D eigenvalue weighted by Gasteiger charge is -2.38. The van der Waals surface area contributed by atoms with Gasteiger partial charge in [-0.25, -0.2) is 4.39 Å². The van der Waals surface area contributed by atoms with Crippen LogP contribution in [0, 0.1) is 5.82 Å². The van der Waals surface area contributed by atoms with Crippen LogP contribution in [0.1, 0.15) is 24.4 Å². The predicted octanol–water partition coefficient (Wildman–Crippen LogP) is 2.54. The smallest absolute Gasteiger partial charge is 0.380 e. The Balaban J connectivity index is 2.19. The van der Waals surface area contributed by atoms with Crippen LogP contribution in [0.15, 0.2) is 24.3 Å². The van der Waals surface area contributed by atoms with Gasteiger partial charge < -0.3 is 10.4 Å². The van der Waals surface area contributed by atoms with E-state index in [-0.39, 0.29) is 13.0 Å². The molecule has 1 saturated heterocycles. The quantitative estimate of drug-likeness (QED) is 0.763. The fourth-order valence-electron chi connectivity index (χ4n) is 2.15. The fourth-order valence-corrected chi connectivity index (χ4v) is 2.15. The molecular weight excluding hydrogens is 250 g/mol. The molecule has 1 aliphatic heterocycles. The molecule has 2 atom stereocenters. The molecule has 0 aromatic heterocycles. The van der Waals surface area contributed by atoms with E-state index in [1.54, 1.807) is 0 Å². The molecular formula is C12H13F4NO. The minimum atomic E-state index is -4.65. The van der Waals surface area contributed by atoms with Crippen LogP contribution < -0.4 is 5.32 Å². The molecule has 0 aliphatic carbocycles. The number of alkyl halides is 3. The van der Waals surface area contributed by atoms with Crippen LogP contribution in [0.25, 0.3) is 0 Å². The summed E-state index contributed by atoms with van der Waals surface area (Å²) in [5, 5.41) is 12.6. The summed E-state index contributed by atoms with van der Waals surface area (Å²) in [7, 11) is 0. The molecule has 2 rings (SSSR count). The molecule has 1 aromatic carbocycles. The third-order valence-corrected chi connectivity index (χ3v) is 3.27. The number of rotatable bonds is 1. The van der Waals surface area contributed by atoms with Crippen molar-refractivity contribution in [2.45, 2.75) is 30.7 Å². The Hall–Kier alpha value is -1.14. The van der Waals surface area contributed by atoms with Crippen molar-refractivity contribution in [3.63, 3.8) is 0 Å². The lowest BCUT2D eigenvalue weighted by atomic mass is 9.84. The first kappa shape index (κ1) is 13.3. The summed E-state index contributed by atoms with van der Waals surface area (Å²) < 4.78 is 51.0. The molecule has 6 heteroatoms. The van der Waals surface area contributed by atoms with Gasteiger partial charge in [0.2, 0.25) is 0 Å². The number of aliphatic hydroxyl groups is 1. The van der Waals surface area contributed by atoms with E-state index >= 15 is 0 Å². The van der Waals surface area contributed by atoms with Gasteiger partial charge in [0.25, 0.3) is 0 Å². The molecule has 1 fully saturated rings. The van der Waals surface area contributed by atoms with Gasteiger partial charge in [0, 0.05) is 12.5 Å². The molecule has 100 valence electrons. The van der Waals surface area contributed by atoms with Crippen molar-refractivity contribution in [3.05, 3.63) is 35.6 Å². The van der Waals surface area contributed by atoms with Gasteiger partial charge in [0.15, 0.2) is 5.60 Å². The van der Waals surface area contributed by atoms with Gasteiger partial charge in [-0.1, -0.05) is 12.1 Å². The Labute approximate surface area is 102 Å². The summed E-state index contributed by atoms with van der Waals surface area (Å²) in [5.41, 5.74) is -2.13. The van der Waals surface area contributed by atoms with Crippen LogP contribution in [-0.4, -0.2) is 23.4 Å². The minimum Gasteiger partial charge on any atom is -0.380 e. The largest absolute Gasteiger partial charge is 0.417 e. The van der Waals surface area contributed by atoms with E-state index < -0.39 is 30.1 Å². The first-order valence-corrected chi connectivity index (χ1v) is 5.60. The first-order chi connectivity index (χ1) is 8.32. The summed E-state index contributed by atoms with van der Waals surface area (Å²) in [6, 6.07) is 4.62. The SMILES string of the molecule is O[C@@]1(C(F)(F)F)CCN[C@H](c2ccc(F)cc2)C1. The summed E-state index contributed by atoms with van der Waals surface area (Å²) in [5.74, 6) is -0.444. The van der Waals surface area contributed by atoms with Crippen molar-refractivity contribution in [1.82, 2.24) is 5.32 Å². The number of piperidine rings is 1. The predicted molar refractivity (Wildman–Crippen MR) is 57.4 cm³/mol. The summed E-state index contributed by atoms with van der Waals surface area (Å²) >= 11 is 0. The summed E-state index contributed by atoms with van der Waals surface area (Å²) in [6.45, 7) is 0.0675. The van der Waals surface area contributed by atoms with Crippen molar-refractivity contribution >= 4 is 0 Å². The zero-order valence-electron chi connectivity index (χ0n) is 9.47. The average molecular weight is 263 g/mol. The van der Waals surface area contributed by atoms with Gasteiger partial charge >= 0.3 is 6.18 Å². The molecule has 0 spiro atoms. The van der Waals surface area contributed by atoms with E-state index in [0.717, 1.165) is 0 Å². The first-order valence-electron chi connectivity index (χ1n) is 5.60. The van der Waals surface area contributed by atoms with Gasteiger partial charge in [-0.2, -0.15) is 13.2 Å². The average Bonchev–Trinajstić information content (AvgIpc) is 2.28. The van der Waals surface area contributed by atoms with E-state index in [1.165, 1.54) is 24.3 Å². The third kappa shape index (κ3) is 2.49. The molecule has 1 aromatic rings. The number of benzene rings is 1. The van der Waals surface area contributed by atoms with Crippen LogP contribution in [0.3, 0.4) is 0 Å². The standard InChI is InChI=1S/C12H13F4NO/c13-9-3-1-8(2-4-9)10-7-11(18,5-6-17-10)12(14,15)16/h1-4,10,17-18H,5-7H2/t10-,11-/m0/s1. The number of hydrogen-bond acceptors (Lipinski definition) is 2. The zero-order chi connectivity index (χ0) is 13.4. The lowest BCUT2D eigenvalue weighted by Crippen LogP contribution is -2.53. The van der Waals surface area contributed by atoms with Crippen LogP contribution >= 0.6 is 0 Å². The van der Waals surface area contributed by atoms with Gasteiger partial charge in [-0.15, -0.1) is 0 Å². The molecule has 0 amide bonds. The Morgan fingerprint density at radius 2 is 1.83 bits per heavy atom. The van der Waals surface area contributed by atoms with Gasteiger partial charge in [0.05, 0.1) is 0 Å². The van der Waals surface area contributed by atoms with Crippen molar-refractivity contribution in [3.8, 4) is 0 Å². The number of nitrogens with one attached hydrogen (secondary N) is 1. The topological polar surface area (TPSA) is 32.3 Å². The van der Waals surface area contributed by atoms with Crippen molar-refractivity contribution in [2.24, 2.45) is 0 Å². The van der Waals surface area contributed by atoms with Gasteiger partial charge in [-0.05, 0) is 30.7 Å². The molecule has 0 radical (unpaired) electrons. The molecule has 0 unspecified atom stereocenters. The van der Waals surface area contributed by atoms with Crippen LogP contribution in [0.2, 0.25) is 0 Å². The van der Waals surface area contributed by atoms with Crippen molar-refractivity contribution in [1.29, 1.82) is 0 Å². The second kappa shape index (κ2) is 4.51. The van der Waals surface area contributed by atoms with Crippen LogP contribution in [0.5, 0.6) is 0 Å². The summed E-state index contributed by atoms with van der Waals surface area (Å²) in [4.78, 5) is 0. The fraction of sp³-hybridized carbons (Fsp3) is 0.500. The Kier molecular flexibility index (Phi) is 3.33. The maximum absolute atomic E-state index is 12.7. The van der Waals surface area contributed by atoms with E-state index in [1.807, 2.05) is 0 Å². The zero-order valence-corrected chi connectivity index (χ0v) is 9.47. The molecule has 18 heavy (non-hydrogen) atoms. The Bertz CT molecular complexity index is 417. The Morgan fingerprint density at radius 1 is 1.22 bits per heavy atom. The maximum Gasteiger partial charge on any atom is 0.417 e. The number of hydrogen-bond donors (Lipinski definition) is 2. The van der Waals surface area contributed by atoms with Crippen molar-refractivity contribution in [2.75, 3.05) is 6.54 Å². The molecule has 2 nitrogen and oxygen atoms in total. The van der Waals surface area contributed by atoms with E-state index in [4.69, 9.17) is 0 Å². The minimum absolute atomic E-state index is 0.0675.